The standard InChI is InChI=1S/C14H15N3O2/c1-10-9-17(6-5-13(10)16-19)14(18)12-4-2-3-11(7-12)8-15/h2-4,7,10,19H,5-6,9H2,1H3/b16-13+. The van der Waals surface area contributed by atoms with Crippen LogP contribution in [-0.2, 0) is 0 Å². The van der Waals surface area contributed by atoms with Gasteiger partial charge in [-0.15, -0.1) is 0 Å². The summed E-state index contributed by atoms with van der Waals surface area (Å²) in [5.41, 5.74) is 1.74. The molecule has 1 aromatic rings. The molecule has 1 aromatic carbocycles. The van der Waals surface area contributed by atoms with E-state index in [2.05, 4.69) is 5.16 Å². The van der Waals surface area contributed by atoms with Crippen molar-refractivity contribution in [3.63, 3.8) is 0 Å². The molecule has 1 N–H and O–H groups in total. The Morgan fingerprint density at radius 3 is 3.00 bits per heavy atom. The number of hydrogen-bond acceptors (Lipinski definition) is 4. The third-order valence-electron chi connectivity index (χ3n) is 3.36. The van der Waals surface area contributed by atoms with Crippen molar-refractivity contribution in [2.45, 2.75) is 13.3 Å². The molecule has 1 saturated heterocycles. The Hall–Kier alpha value is -2.35. The molecule has 1 amide bonds. The first kappa shape index (κ1) is 13.1. The minimum atomic E-state index is -0.0825. The smallest absolute Gasteiger partial charge is 0.253 e. The summed E-state index contributed by atoms with van der Waals surface area (Å²) in [6.07, 6.45) is 0.585. The van der Waals surface area contributed by atoms with Crippen molar-refractivity contribution in [2.75, 3.05) is 13.1 Å². The first-order chi connectivity index (χ1) is 9.15. The molecule has 0 radical (unpaired) electrons. The van der Waals surface area contributed by atoms with E-state index in [1.165, 1.54) is 0 Å². The van der Waals surface area contributed by atoms with Gasteiger partial charge >= 0.3 is 0 Å². The number of oxime groups is 1. The Morgan fingerprint density at radius 2 is 2.37 bits per heavy atom. The van der Waals surface area contributed by atoms with Crippen LogP contribution < -0.4 is 0 Å². The van der Waals surface area contributed by atoms with E-state index in [0.717, 1.165) is 5.71 Å². The largest absolute Gasteiger partial charge is 0.411 e. The van der Waals surface area contributed by atoms with Crippen molar-refractivity contribution in [3.05, 3.63) is 35.4 Å². The van der Waals surface area contributed by atoms with E-state index in [1.54, 1.807) is 29.2 Å². The summed E-state index contributed by atoms with van der Waals surface area (Å²) >= 11 is 0. The number of likely N-dealkylation sites (tertiary alicyclic amines) is 1. The predicted molar refractivity (Wildman–Crippen MR) is 70.1 cm³/mol. The van der Waals surface area contributed by atoms with Crippen LogP contribution in [0.5, 0.6) is 0 Å². The number of nitrogens with zero attached hydrogens (tertiary/aromatic N) is 3. The number of carbonyl (C=O) groups is 1. The molecule has 5 nitrogen and oxygen atoms in total. The molecule has 0 aromatic heterocycles. The second-order valence-electron chi connectivity index (χ2n) is 4.69. The summed E-state index contributed by atoms with van der Waals surface area (Å²) in [4.78, 5) is 14.1. The minimum Gasteiger partial charge on any atom is -0.411 e. The van der Waals surface area contributed by atoms with Crippen LogP contribution in [-0.4, -0.2) is 34.8 Å². The fraction of sp³-hybridized carbons (Fsp3) is 0.357. The van der Waals surface area contributed by atoms with Crippen molar-refractivity contribution in [1.29, 1.82) is 5.26 Å². The van der Waals surface area contributed by atoms with Gasteiger partial charge in [0.2, 0.25) is 0 Å². The molecule has 98 valence electrons. The SMILES string of the molecule is CC1CN(C(=O)c2cccc(C#N)c2)CC/C1=N\O. The summed E-state index contributed by atoms with van der Waals surface area (Å²) in [5.74, 6) is -0.0252. The van der Waals surface area contributed by atoms with Gasteiger partial charge in [0, 0.05) is 31.0 Å². The van der Waals surface area contributed by atoms with Crippen molar-refractivity contribution in [1.82, 2.24) is 4.90 Å². The van der Waals surface area contributed by atoms with Crippen LogP contribution in [0.3, 0.4) is 0 Å². The molecule has 5 heteroatoms. The number of piperidine rings is 1. The Balaban J connectivity index is 2.15. The van der Waals surface area contributed by atoms with Crippen LogP contribution in [0.1, 0.15) is 29.3 Å². The molecule has 1 heterocycles. The highest BCUT2D eigenvalue weighted by Crippen LogP contribution is 2.17. The highest BCUT2D eigenvalue weighted by atomic mass is 16.4. The predicted octanol–water partition coefficient (Wildman–Crippen LogP) is 1.87. The zero-order chi connectivity index (χ0) is 13.8. The fourth-order valence-corrected chi connectivity index (χ4v) is 2.26. The number of nitriles is 1. The average molecular weight is 257 g/mol. The normalized spacial score (nSPS) is 21.2. The Morgan fingerprint density at radius 1 is 1.58 bits per heavy atom. The van der Waals surface area contributed by atoms with Crippen LogP contribution in [0.15, 0.2) is 29.4 Å². The van der Waals surface area contributed by atoms with E-state index < -0.39 is 0 Å². The Labute approximate surface area is 111 Å². The molecule has 0 saturated carbocycles. The van der Waals surface area contributed by atoms with Gasteiger partial charge in [0.1, 0.15) is 0 Å². The first-order valence-electron chi connectivity index (χ1n) is 6.16. The highest BCUT2D eigenvalue weighted by molar-refractivity contribution is 5.96. The van der Waals surface area contributed by atoms with Gasteiger partial charge in [-0.25, -0.2) is 0 Å². The van der Waals surface area contributed by atoms with Gasteiger partial charge in [-0.05, 0) is 18.2 Å². The van der Waals surface area contributed by atoms with E-state index in [4.69, 9.17) is 10.5 Å². The number of carbonyl (C=O) groups excluding carboxylic acids is 1. The molecule has 1 fully saturated rings. The maximum Gasteiger partial charge on any atom is 0.253 e. The maximum atomic E-state index is 12.3. The molecule has 2 rings (SSSR count). The molecule has 0 spiro atoms. The number of rotatable bonds is 1. The number of hydrogen-bond donors (Lipinski definition) is 1. The number of amides is 1. The average Bonchev–Trinajstić information content (AvgIpc) is 2.46. The fourth-order valence-electron chi connectivity index (χ4n) is 2.26. The summed E-state index contributed by atoms with van der Waals surface area (Å²) < 4.78 is 0. The van der Waals surface area contributed by atoms with Crippen molar-refractivity contribution >= 4 is 11.6 Å². The second-order valence-corrected chi connectivity index (χ2v) is 4.69. The zero-order valence-corrected chi connectivity index (χ0v) is 10.7. The lowest BCUT2D eigenvalue weighted by atomic mass is 9.97. The quantitative estimate of drug-likeness (QED) is 0.616. The minimum absolute atomic E-state index is 0.0573. The number of benzene rings is 1. The van der Waals surface area contributed by atoms with Gasteiger partial charge in [-0.1, -0.05) is 18.1 Å². The Bertz CT molecular complexity index is 560. The van der Waals surface area contributed by atoms with Gasteiger partial charge in [-0.3, -0.25) is 4.79 Å². The third-order valence-corrected chi connectivity index (χ3v) is 3.36. The molecule has 1 atom stereocenters. The highest BCUT2D eigenvalue weighted by Gasteiger charge is 2.26. The lowest BCUT2D eigenvalue weighted by Gasteiger charge is -2.31. The van der Waals surface area contributed by atoms with E-state index in [-0.39, 0.29) is 11.8 Å². The summed E-state index contributed by atoms with van der Waals surface area (Å²) in [7, 11) is 0. The molecule has 0 aliphatic carbocycles. The molecule has 19 heavy (non-hydrogen) atoms. The lowest BCUT2D eigenvalue weighted by molar-refractivity contribution is 0.0734. The van der Waals surface area contributed by atoms with E-state index in [9.17, 15) is 4.79 Å². The summed E-state index contributed by atoms with van der Waals surface area (Å²) in [6, 6.07) is 8.72. The van der Waals surface area contributed by atoms with Crippen LogP contribution in [0.4, 0.5) is 0 Å². The molecular weight excluding hydrogens is 242 g/mol. The van der Waals surface area contributed by atoms with Gasteiger partial charge in [0.15, 0.2) is 0 Å². The molecular formula is C14H15N3O2. The molecule has 1 unspecified atom stereocenters. The topological polar surface area (TPSA) is 76.7 Å². The van der Waals surface area contributed by atoms with Crippen molar-refractivity contribution in [3.8, 4) is 6.07 Å². The zero-order valence-electron chi connectivity index (χ0n) is 10.7. The van der Waals surface area contributed by atoms with Crippen molar-refractivity contribution in [2.24, 2.45) is 11.1 Å². The van der Waals surface area contributed by atoms with E-state index >= 15 is 0 Å². The lowest BCUT2D eigenvalue weighted by Crippen LogP contribution is -2.43. The van der Waals surface area contributed by atoms with Crippen LogP contribution in [0, 0.1) is 17.2 Å². The third kappa shape index (κ3) is 2.74. The van der Waals surface area contributed by atoms with Crippen LogP contribution in [0.2, 0.25) is 0 Å². The molecule has 1 aliphatic rings. The van der Waals surface area contributed by atoms with Gasteiger partial charge in [0.05, 0.1) is 17.3 Å². The maximum absolute atomic E-state index is 12.3. The second kappa shape index (κ2) is 5.53. The molecule has 1 aliphatic heterocycles. The Kier molecular flexibility index (Phi) is 3.81. The summed E-state index contributed by atoms with van der Waals surface area (Å²) in [6.45, 7) is 3.01. The van der Waals surface area contributed by atoms with Crippen LogP contribution in [0.25, 0.3) is 0 Å². The van der Waals surface area contributed by atoms with Gasteiger partial charge in [-0.2, -0.15) is 5.26 Å². The van der Waals surface area contributed by atoms with Crippen molar-refractivity contribution < 1.29 is 10.0 Å². The van der Waals surface area contributed by atoms with E-state index in [1.807, 2.05) is 13.0 Å². The molecule has 0 bridgehead atoms. The summed E-state index contributed by atoms with van der Waals surface area (Å²) in [5, 5.41) is 20.9. The van der Waals surface area contributed by atoms with E-state index in [0.29, 0.717) is 30.6 Å². The van der Waals surface area contributed by atoms with Crippen LogP contribution >= 0.6 is 0 Å². The van der Waals surface area contributed by atoms with Gasteiger partial charge < -0.3 is 10.1 Å². The van der Waals surface area contributed by atoms with Gasteiger partial charge in [0.25, 0.3) is 5.91 Å². The monoisotopic (exact) mass is 257 g/mol. The first-order valence-corrected chi connectivity index (χ1v) is 6.16.